The minimum absolute atomic E-state index is 0.00989. The van der Waals surface area contributed by atoms with Crippen LogP contribution in [0.25, 0.3) is 0 Å². The van der Waals surface area contributed by atoms with Crippen molar-refractivity contribution in [2.75, 3.05) is 18.0 Å². The Balaban J connectivity index is 1.96. The number of hydrogen-bond donors (Lipinski definition) is 0. The predicted molar refractivity (Wildman–Crippen MR) is 128 cm³/mol. The van der Waals surface area contributed by atoms with E-state index >= 15 is 0 Å². The molecule has 0 aliphatic heterocycles. The van der Waals surface area contributed by atoms with E-state index in [4.69, 9.17) is 9.47 Å². The molecule has 6 nitrogen and oxygen atoms in total. The highest BCUT2D eigenvalue weighted by Crippen LogP contribution is 2.30. The minimum atomic E-state index is -4.16. The lowest BCUT2D eigenvalue weighted by molar-refractivity contribution is -0.119. The fraction of sp³-hybridized carbons (Fsp3) is 0.208. The standard InChI is InChI=1S/C24H24BrNO5S/c1-17(2)22-15-18(25)9-14-23(22)31-16-24(27)26(19-10-12-20(30-3)13-11-19)32(28,29)21-7-5-4-6-8-21/h4-15,17H,16H2,1-3H3. The largest absolute Gasteiger partial charge is 0.497 e. The lowest BCUT2D eigenvalue weighted by atomic mass is 10.0. The summed E-state index contributed by atoms with van der Waals surface area (Å²) in [6.45, 7) is 3.58. The van der Waals surface area contributed by atoms with Crippen molar-refractivity contribution in [1.29, 1.82) is 0 Å². The summed E-state index contributed by atoms with van der Waals surface area (Å²) in [4.78, 5) is 13.2. The molecule has 3 aromatic carbocycles. The van der Waals surface area contributed by atoms with Gasteiger partial charge >= 0.3 is 0 Å². The normalized spacial score (nSPS) is 11.3. The monoisotopic (exact) mass is 517 g/mol. The number of benzene rings is 3. The number of anilines is 1. The number of amides is 1. The van der Waals surface area contributed by atoms with Gasteiger partial charge in [-0.2, -0.15) is 4.31 Å². The highest BCUT2D eigenvalue weighted by Gasteiger charge is 2.31. The second kappa shape index (κ2) is 10.2. The molecule has 0 aliphatic rings. The first-order valence-corrected chi connectivity index (χ1v) is 12.2. The number of ether oxygens (including phenoxy) is 2. The van der Waals surface area contributed by atoms with E-state index in [1.165, 1.54) is 31.4 Å². The number of hydrogen-bond acceptors (Lipinski definition) is 5. The molecule has 0 unspecified atom stereocenters. The van der Waals surface area contributed by atoms with Crippen LogP contribution in [0.1, 0.15) is 25.3 Å². The summed E-state index contributed by atoms with van der Waals surface area (Å²) < 4.78 is 39.4. The molecule has 3 rings (SSSR count). The van der Waals surface area contributed by atoms with Crippen LogP contribution in [0.3, 0.4) is 0 Å². The van der Waals surface area contributed by atoms with Gasteiger partial charge < -0.3 is 9.47 Å². The predicted octanol–water partition coefficient (Wildman–Crippen LogP) is 5.38. The van der Waals surface area contributed by atoms with Crippen molar-refractivity contribution < 1.29 is 22.7 Å². The summed E-state index contributed by atoms with van der Waals surface area (Å²) in [5.74, 6) is 0.522. The van der Waals surface area contributed by atoms with Crippen molar-refractivity contribution in [3.8, 4) is 11.5 Å². The molecule has 0 saturated heterocycles. The molecule has 0 aliphatic carbocycles. The van der Waals surface area contributed by atoms with Gasteiger partial charge in [-0.3, -0.25) is 4.79 Å². The molecule has 0 fully saturated rings. The SMILES string of the molecule is COc1ccc(N(C(=O)COc2ccc(Br)cc2C(C)C)S(=O)(=O)c2ccccc2)cc1. The third-order valence-electron chi connectivity index (χ3n) is 4.76. The van der Waals surface area contributed by atoms with Crippen molar-refractivity contribution in [2.45, 2.75) is 24.7 Å². The summed E-state index contributed by atoms with van der Waals surface area (Å²) in [5, 5.41) is 0. The number of methoxy groups -OCH3 is 1. The zero-order chi connectivity index (χ0) is 23.3. The Morgan fingerprint density at radius 1 is 1.00 bits per heavy atom. The van der Waals surface area contributed by atoms with E-state index in [2.05, 4.69) is 15.9 Å². The van der Waals surface area contributed by atoms with Crippen LogP contribution in [0.4, 0.5) is 5.69 Å². The topological polar surface area (TPSA) is 72.9 Å². The smallest absolute Gasteiger partial charge is 0.278 e. The second-order valence-corrected chi connectivity index (χ2v) is 10.0. The van der Waals surface area contributed by atoms with Gasteiger partial charge in [0.1, 0.15) is 11.5 Å². The van der Waals surface area contributed by atoms with Gasteiger partial charge in [-0.15, -0.1) is 0 Å². The maximum Gasteiger partial charge on any atom is 0.278 e. The van der Waals surface area contributed by atoms with Crippen LogP contribution >= 0.6 is 15.9 Å². The van der Waals surface area contributed by atoms with Crippen molar-refractivity contribution in [3.05, 3.63) is 82.8 Å². The first-order valence-electron chi connectivity index (χ1n) is 9.93. The summed E-state index contributed by atoms with van der Waals surface area (Å²) in [6.07, 6.45) is 0. The number of sulfonamides is 1. The van der Waals surface area contributed by atoms with Crippen LogP contribution in [0.2, 0.25) is 0 Å². The first kappa shape index (κ1) is 23.8. The van der Waals surface area contributed by atoms with Gasteiger partial charge in [0.2, 0.25) is 0 Å². The number of rotatable bonds is 8. The molecule has 0 heterocycles. The average Bonchev–Trinajstić information content (AvgIpc) is 2.79. The van der Waals surface area contributed by atoms with Crippen LogP contribution in [0, 0.1) is 0 Å². The van der Waals surface area contributed by atoms with Crippen molar-refractivity contribution in [3.63, 3.8) is 0 Å². The van der Waals surface area contributed by atoms with Gasteiger partial charge in [0.05, 0.1) is 17.7 Å². The van der Waals surface area contributed by atoms with Crippen LogP contribution in [-0.4, -0.2) is 28.0 Å². The highest BCUT2D eigenvalue weighted by molar-refractivity contribution is 9.10. The summed E-state index contributed by atoms with van der Waals surface area (Å²) in [5.41, 5.74) is 1.11. The van der Waals surface area contributed by atoms with Crippen molar-refractivity contribution in [1.82, 2.24) is 0 Å². The molecule has 0 N–H and O–H groups in total. The summed E-state index contributed by atoms with van der Waals surface area (Å²) in [6, 6.07) is 19.6. The Morgan fingerprint density at radius 2 is 1.66 bits per heavy atom. The van der Waals surface area contributed by atoms with Gasteiger partial charge in [0.15, 0.2) is 6.61 Å². The highest BCUT2D eigenvalue weighted by atomic mass is 79.9. The third kappa shape index (κ3) is 5.31. The van der Waals surface area contributed by atoms with Gasteiger partial charge in [-0.05, 0) is 66.1 Å². The average molecular weight is 518 g/mol. The molecule has 0 saturated carbocycles. The van der Waals surface area contributed by atoms with Crippen LogP contribution in [0.15, 0.2) is 82.2 Å². The fourth-order valence-corrected chi connectivity index (χ4v) is 4.94. The maximum atomic E-state index is 13.4. The molecule has 1 amide bonds. The minimum Gasteiger partial charge on any atom is -0.497 e. The van der Waals surface area contributed by atoms with E-state index in [-0.39, 0.29) is 16.5 Å². The lowest BCUT2D eigenvalue weighted by Crippen LogP contribution is -2.40. The van der Waals surface area contributed by atoms with Gasteiger partial charge in [0.25, 0.3) is 15.9 Å². The maximum absolute atomic E-state index is 13.4. The number of halogens is 1. The quantitative estimate of drug-likeness (QED) is 0.400. The molecule has 0 bridgehead atoms. The van der Waals surface area contributed by atoms with Crippen LogP contribution < -0.4 is 13.8 Å². The fourth-order valence-electron chi connectivity index (χ4n) is 3.13. The number of nitrogens with zero attached hydrogens (tertiary/aromatic N) is 1. The van der Waals surface area contributed by atoms with Crippen LogP contribution in [-0.2, 0) is 14.8 Å². The Kier molecular flexibility index (Phi) is 7.58. The van der Waals surface area contributed by atoms with E-state index in [1.54, 1.807) is 36.4 Å². The second-order valence-electron chi connectivity index (χ2n) is 7.30. The summed E-state index contributed by atoms with van der Waals surface area (Å²) in [7, 11) is -2.64. The third-order valence-corrected chi connectivity index (χ3v) is 7.02. The molecule has 8 heteroatoms. The van der Waals surface area contributed by atoms with Crippen molar-refractivity contribution in [2.24, 2.45) is 0 Å². The molecule has 32 heavy (non-hydrogen) atoms. The molecule has 3 aromatic rings. The molecule has 0 aromatic heterocycles. The van der Waals surface area contributed by atoms with E-state index in [1.807, 2.05) is 26.0 Å². The van der Waals surface area contributed by atoms with E-state index in [9.17, 15) is 13.2 Å². The molecule has 0 spiro atoms. The Hall–Kier alpha value is -2.84. The first-order chi connectivity index (χ1) is 15.2. The van der Waals surface area contributed by atoms with Gasteiger partial charge in [0, 0.05) is 4.47 Å². The summed E-state index contributed by atoms with van der Waals surface area (Å²) >= 11 is 3.44. The lowest BCUT2D eigenvalue weighted by Gasteiger charge is -2.23. The Bertz CT molecular complexity index is 1180. The zero-order valence-electron chi connectivity index (χ0n) is 18.0. The van der Waals surface area contributed by atoms with Gasteiger partial charge in [-0.25, -0.2) is 8.42 Å². The zero-order valence-corrected chi connectivity index (χ0v) is 20.4. The number of carbonyl (C=O) groups is 1. The molecular formula is C24H24BrNO5S. The number of carbonyl (C=O) groups excluding carboxylic acids is 1. The van der Waals surface area contributed by atoms with Crippen molar-refractivity contribution >= 4 is 37.5 Å². The van der Waals surface area contributed by atoms with Gasteiger partial charge in [-0.1, -0.05) is 48.0 Å². The van der Waals surface area contributed by atoms with E-state index < -0.39 is 22.5 Å². The molecule has 0 atom stereocenters. The molecule has 168 valence electrons. The van der Waals surface area contributed by atoms with E-state index in [0.29, 0.717) is 11.5 Å². The molecular weight excluding hydrogens is 494 g/mol. The van der Waals surface area contributed by atoms with E-state index in [0.717, 1.165) is 14.3 Å². The molecule has 0 radical (unpaired) electrons. The Labute approximate surface area is 197 Å². The van der Waals surface area contributed by atoms with Crippen LogP contribution in [0.5, 0.6) is 11.5 Å². The Morgan fingerprint density at radius 3 is 2.25 bits per heavy atom.